The molecule has 0 radical (unpaired) electrons. The average molecular weight is 370 g/mol. The third-order valence-electron chi connectivity index (χ3n) is 3.12. The van der Waals surface area contributed by atoms with Gasteiger partial charge in [0.15, 0.2) is 0 Å². The first kappa shape index (κ1) is 18.3. The summed E-state index contributed by atoms with van der Waals surface area (Å²) in [7, 11) is 2.83. The number of amides is 2. The van der Waals surface area contributed by atoms with Gasteiger partial charge >= 0.3 is 11.7 Å². The predicted molar refractivity (Wildman–Crippen MR) is 90.3 cm³/mol. The van der Waals surface area contributed by atoms with E-state index < -0.39 is 22.5 Å². The number of anilines is 2. The van der Waals surface area contributed by atoms with Gasteiger partial charge in [-0.3, -0.25) is 10.1 Å². The molecular formula is C15H13ClFN3O5. The lowest BCUT2D eigenvalue weighted by Gasteiger charge is -2.13. The third-order valence-corrected chi connectivity index (χ3v) is 3.42. The lowest BCUT2D eigenvalue weighted by atomic mass is 10.2. The fourth-order valence-corrected chi connectivity index (χ4v) is 2.21. The van der Waals surface area contributed by atoms with Crippen LogP contribution in [0.5, 0.6) is 11.5 Å². The maximum Gasteiger partial charge on any atom is 0.323 e. The summed E-state index contributed by atoms with van der Waals surface area (Å²) in [4.78, 5) is 21.9. The minimum absolute atomic E-state index is 0.0455. The zero-order valence-corrected chi connectivity index (χ0v) is 13.9. The van der Waals surface area contributed by atoms with Crippen LogP contribution in [0.25, 0.3) is 0 Å². The fourth-order valence-electron chi connectivity index (χ4n) is 1.97. The molecule has 0 spiro atoms. The Balaban J connectivity index is 2.19. The Labute approximate surface area is 146 Å². The highest BCUT2D eigenvalue weighted by Crippen LogP contribution is 2.36. The van der Waals surface area contributed by atoms with Gasteiger partial charge in [0.05, 0.1) is 29.9 Å². The van der Waals surface area contributed by atoms with Crippen LogP contribution < -0.4 is 20.1 Å². The summed E-state index contributed by atoms with van der Waals surface area (Å²) in [5, 5.41) is 15.8. The van der Waals surface area contributed by atoms with E-state index in [0.29, 0.717) is 11.5 Å². The summed E-state index contributed by atoms with van der Waals surface area (Å²) in [6, 6.07) is 5.18. The van der Waals surface area contributed by atoms with E-state index in [1.54, 1.807) is 0 Å². The summed E-state index contributed by atoms with van der Waals surface area (Å²) in [6.07, 6.45) is 0. The van der Waals surface area contributed by atoms with Gasteiger partial charge in [-0.15, -0.1) is 0 Å². The van der Waals surface area contributed by atoms with Gasteiger partial charge in [-0.2, -0.15) is 4.39 Å². The molecule has 0 aliphatic carbocycles. The Bertz CT molecular complexity index is 831. The molecule has 0 atom stereocenters. The first-order chi connectivity index (χ1) is 11.8. The number of hydrogen-bond acceptors (Lipinski definition) is 5. The van der Waals surface area contributed by atoms with Gasteiger partial charge in [-0.05, 0) is 18.2 Å². The summed E-state index contributed by atoms with van der Waals surface area (Å²) >= 11 is 6.01. The Morgan fingerprint density at radius 3 is 2.44 bits per heavy atom. The van der Waals surface area contributed by atoms with Crippen LogP contribution in [0, 0.1) is 15.9 Å². The smallest absolute Gasteiger partial charge is 0.323 e. The van der Waals surface area contributed by atoms with Crippen LogP contribution in [0.4, 0.5) is 26.2 Å². The highest BCUT2D eigenvalue weighted by Gasteiger charge is 2.16. The molecule has 0 saturated carbocycles. The summed E-state index contributed by atoms with van der Waals surface area (Å²) in [6.45, 7) is 0. The Morgan fingerprint density at radius 1 is 1.16 bits per heavy atom. The van der Waals surface area contributed by atoms with Crippen LogP contribution in [0.2, 0.25) is 5.02 Å². The molecule has 0 aromatic heterocycles. The van der Waals surface area contributed by atoms with Crippen molar-refractivity contribution in [2.45, 2.75) is 0 Å². The topological polar surface area (TPSA) is 103 Å². The molecule has 8 nitrogen and oxygen atoms in total. The van der Waals surface area contributed by atoms with E-state index in [-0.39, 0.29) is 16.4 Å². The standard InChI is InChI=1S/C15H13ClFN3O5/c1-24-13-7-14(25-2)11(6-9(13)16)19-15(21)18-8-3-4-10(17)12(5-8)20(22)23/h3-7H,1-2H3,(H2,18,19,21). The number of urea groups is 1. The van der Waals surface area contributed by atoms with E-state index in [9.17, 15) is 19.3 Å². The first-order valence-electron chi connectivity index (χ1n) is 6.79. The molecule has 2 amide bonds. The van der Waals surface area contributed by atoms with Crippen LogP contribution in [0.1, 0.15) is 0 Å². The second kappa shape index (κ2) is 7.67. The second-order valence-corrected chi connectivity index (χ2v) is 5.10. The zero-order valence-electron chi connectivity index (χ0n) is 13.1. The first-order valence-corrected chi connectivity index (χ1v) is 7.17. The molecule has 0 fully saturated rings. The predicted octanol–water partition coefficient (Wildman–Crippen LogP) is 4.05. The summed E-state index contributed by atoms with van der Waals surface area (Å²) < 4.78 is 23.5. The van der Waals surface area contributed by atoms with Crippen LogP contribution in [0.3, 0.4) is 0 Å². The number of nitro groups is 1. The number of halogens is 2. The molecule has 2 rings (SSSR count). The van der Waals surface area contributed by atoms with Crippen LogP contribution in [0.15, 0.2) is 30.3 Å². The van der Waals surface area contributed by atoms with Crippen molar-refractivity contribution in [3.63, 3.8) is 0 Å². The number of carbonyl (C=O) groups is 1. The number of nitrogens with one attached hydrogen (secondary N) is 2. The van der Waals surface area contributed by atoms with Crippen molar-refractivity contribution in [3.05, 3.63) is 51.3 Å². The van der Waals surface area contributed by atoms with Crippen LogP contribution in [-0.4, -0.2) is 25.2 Å². The Morgan fingerprint density at radius 2 is 1.84 bits per heavy atom. The van der Waals surface area contributed by atoms with E-state index in [1.165, 1.54) is 32.4 Å². The maximum atomic E-state index is 13.3. The number of nitrogens with zero attached hydrogens (tertiary/aromatic N) is 1. The van der Waals surface area contributed by atoms with Crippen molar-refractivity contribution in [2.24, 2.45) is 0 Å². The van der Waals surface area contributed by atoms with E-state index in [2.05, 4.69) is 10.6 Å². The van der Waals surface area contributed by atoms with Crippen molar-refractivity contribution in [1.29, 1.82) is 0 Å². The van der Waals surface area contributed by atoms with Crippen LogP contribution in [-0.2, 0) is 0 Å². The highest BCUT2D eigenvalue weighted by atomic mass is 35.5. The third kappa shape index (κ3) is 4.27. The molecule has 0 saturated heterocycles. The van der Waals surface area contributed by atoms with Crippen molar-refractivity contribution in [2.75, 3.05) is 24.9 Å². The number of methoxy groups -OCH3 is 2. The molecule has 2 aromatic carbocycles. The van der Waals surface area contributed by atoms with E-state index >= 15 is 0 Å². The molecule has 0 heterocycles. The van der Waals surface area contributed by atoms with Gasteiger partial charge in [-0.1, -0.05) is 11.6 Å². The largest absolute Gasteiger partial charge is 0.495 e. The number of ether oxygens (including phenoxy) is 2. The molecule has 2 aromatic rings. The molecule has 0 aliphatic heterocycles. The lowest BCUT2D eigenvalue weighted by Crippen LogP contribution is -2.20. The highest BCUT2D eigenvalue weighted by molar-refractivity contribution is 6.32. The van der Waals surface area contributed by atoms with Gasteiger partial charge in [0.2, 0.25) is 5.82 Å². The maximum absolute atomic E-state index is 13.3. The minimum atomic E-state index is -1.00. The number of carbonyl (C=O) groups excluding carboxylic acids is 1. The minimum Gasteiger partial charge on any atom is -0.495 e. The van der Waals surface area contributed by atoms with Crippen molar-refractivity contribution in [1.82, 2.24) is 0 Å². The summed E-state index contributed by atoms with van der Waals surface area (Å²) in [5.74, 6) is -0.348. The number of hydrogen-bond donors (Lipinski definition) is 2. The molecule has 132 valence electrons. The molecule has 25 heavy (non-hydrogen) atoms. The van der Waals surface area contributed by atoms with Gasteiger partial charge in [0, 0.05) is 17.8 Å². The average Bonchev–Trinajstić information content (AvgIpc) is 2.56. The quantitative estimate of drug-likeness (QED) is 0.611. The molecule has 10 heteroatoms. The molecule has 0 bridgehead atoms. The van der Waals surface area contributed by atoms with Gasteiger partial charge in [0.1, 0.15) is 11.5 Å². The van der Waals surface area contributed by atoms with Crippen molar-refractivity contribution in [3.8, 4) is 11.5 Å². The number of benzene rings is 2. The van der Waals surface area contributed by atoms with Crippen LogP contribution >= 0.6 is 11.6 Å². The fraction of sp³-hybridized carbons (Fsp3) is 0.133. The van der Waals surface area contributed by atoms with Gasteiger partial charge < -0.3 is 20.1 Å². The molecular weight excluding hydrogens is 357 g/mol. The molecule has 0 aliphatic rings. The lowest BCUT2D eigenvalue weighted by molar-refractivity contribution is -0.387. The van der Waals surface area contributed by atoms with Crippen molar-refractivity contribution >= 4 is 34.7 Å². The Kier molecular flexibility index (Phi) is 5.60. The Hall–Kier alpha value is -3.07. The normalized spacial score (nSPS) is 10.1. The van der Waals surface area contributed by atoms with E-state index in [4.69, 9.17) is 21.1 Å². The van der Waals surface area contributed by atoms with Gasteiger partial charge in [0.25, 0.3) is 0 Å². The second-order valence-electron chi connectivity index (χ2n) is 4.69. The molecule has 2 N–H and O–H groups in total. The van der Waals surface area contributed by atoms with E-state index in [0.717, 1.165) is 12.1 Å². The van der Waals surface area contributed by atoms with E-state index in [1.807, 2.05) is 0 Å². The SMILES string of the molecule is COc1cc(OC)c(NC(=O)Nc2ccc(F)c([N+](=O)[O-])c2)cc1Cl. The monoisotopic (exact) mass is 369 g/mol. The molecule has 0 unspecified atom stereocenters. The van der Waals surface area contributed by atoms with Crippen molar-refractivity contribution < 1.29 is 23.6 Å². The number of nitro benzene ring substituents is 1. The zero-order chi connectivity index (χ0) is 18.6. The van der Waals surface area contributed by atoms with Gasteiger partial charge in [-0.25, -0.2) is 4.79 Å². The number of rotatable bonds is 5. The summed E-state index contributed by atoms with van der Waals surface area (Å²) in [5.41, 5.74) is -0.450.